The molecule has 0 atom stereocenters. The van der Waals surface area contributed by atoms with Gasteiger partial charge in [-0.25, -0.2) is 18.4 Å². The Kier molecular flexibility index (Phi) is 5.09. The molecule has 0 amide bonds. The van der Waals surface area contributed by atoms with Gasteiger partial charge < -0.3 is 16.2 Å². The number of rotatable bonds is 3. The Morgan fingerprint density at radius 2 is 1.91 bits per heavy atom. The molecular formula is C23H31N5O3S. The Labute approximate surface area is 189 Å². The summed E-state index contributed by atoms with van der Waals surface area (Å²) in [6.07, 6.45) is 6.35. The normalized spacial score (nSPS) is 25.8. The largest absolute Gasteiger partial charge is 0.488 e. The standard InChI is InChI=1S/C23H31N5O3S/c1-23(2)12-17-16(20-19(23)22(25)27-13-26-20)8-9-18(31-15-6-4-14(24)5-7-15)21(17)28-10-3-11-32(28,29)30/h8-9,13-15H,3-7,10-12,24H2,1-2H3,(H2,25,26,27)/t14-,15-. The topological polar surface area (TPSA) is 124 Å². The van der Waals surface area contributed by atoms with Gasteiger partial charge in [0.15, 0.2) is 0 Å². The van der Waals surface area contributed by atoms with E-state index in [0.717, 1.165) is 48.1 Å². The van der Waals surface area contributed by atoms with Crippen LogP contribution in [-0.2, 0) is 21.9 Å². The lowest BCUT2D eigenvalue weighted by molar-refractivity contribution is 0.147. The Hall–Kier alpha value is -2.39. The Morgan fingerprint density at radius 1 is 1.16 bits per heavy atom. The highest BCUT2D eigenvalue weighted by atomic mass is 32.2. The molecule has 3 aliphatic rings. The van der Waals surface area contributed by atoms with Crippen LogP contribution in [0.25, 0.3) is 11.3 Å². The fraction of sp³-hybridized carbons (Fsp3) is 0.565. The van der Waals surface area contributed by atoms with Gasteiger partial charge in [0.05, 0.1) is 23.2 Å². The lowest BCUT2D eigenvalue weighted by Crippen LogP contribution is -2.34. The number of aromatic nitrogens is 2. The lowest BCUT2D eigenvalue weighted by Gasteiger charge is -2.37. The molecule has 1 aliphatic heterocycles. The fourth-order valence-corrected chi connectivity index (χ4v) is 7.06. The van der Waals surface area contributed by atoms with Gasteiger partial charge >= 0.3 is 0 Å². The van der Waals surface area contributed by atoms with Gasteiger partial charge in [-0.3, -0.25) is 4.31 Å². The second-order valence-corrected chi connectivity index (χ2v) is 11.9. The zero-order valence-corrected chi connectivity index (χ0v) is 19.5. The first-order valence-electron chi connectivity index (χ1n) is 11.4. The molecule has 0 unspecified atom stereocenters. The first-order valence-corrected chi connectivity index (χ1v) is 13.0. The van der Waals surface area contributed by atoms with E-state index in [9.17, 15) is 8.42 Å². The number of nitrogens with two attached hydrogens (primary N) is 2. The van der Waals surface area contributed by atoms with Crippen molar-refractivity contribution in [2.45, 2.75) is 69.9 Å². The summed E-state index contributed by atoms with van der Waals surface area (Å²) in [5, 5.41) is 0. The number of benzene rings is 1. The molecule has 1 aromatic heterocycles. The molecule has 0 spiro atoms. The van der Waals surface area contributed by atoms with Gasteiger partial charge in [-0.05, 0) is 61.6 Å². The quantitative estimate of drug-likeness (QED) is 0.726. The molecule has 1 aromatic carbocycles. The monoisotopic (exact) mass is 457 g/mol. The van der Waals surface area contributed by atoms with Gasteiger partial charge in [-0.15, -0.1) is 0 Å². The number of hydrogen-bond acceptors (Lipinski definition) is 7. The Bertz CT molecular complexity index is 1160. The van der Waals surface area contributed by atoms with Crippen molar-refractivity contribution in [2.75, 3.05) is 22.3 Å². The van der Waals surface area contributed by atoms with Gasteiger partial charge in [0.1, 0.15) is 17.9 Å². The van der Waals surface area contributed by atoms with Crippen LogP contribution in [0.4, 0.5) is 11.5 Å². The summed E-state index contributed by atoms with van der Waals surface area (Å²) in [6, 6.07) is 4.11. The minimum Gasteiger partial charge on any atom is -0.488 e. The maximum Gasteiger partial charge on any atom is 0.235 e. The second-order valence-electron chi connectivity index (χ2n) is 9.88. The van der Waals surface area contributed by atoms with Crippen molar-refractivity contribution in [1.82, 2.24) is 9.97 Å². The van der Waals surface area contributed by atoms with Crippen molar-refractivity contribution in [3.63, 3.8) is 0 Å². The molecule has 172 valence electrons. The zero-order valence-electron chi connectivity index (χ0n) is 18.7. The molecule has 32 heavy (non-hydrogen) atoms. The Balaban J connectivity index is 1.68. The SMILES string of the molecule is CC1(C)Cc2c(ccc(O[C@H]3CC[C@H](N)CC3)c2N2CCCS2(=O)=O)-c2ncnc(N)c21. The van der Waals surface area contributed by atoms with Crippen LogP contribution >= 0.6 is 0 Å². The summed E-state index contributed by atoms with van der Waals surface area (Å²) in [5.41, 5.74) is 16.2. The van der Waals surface area contributed by atoms with Gasteiger partial charge in [-0.1, -0.05) is 13.8 Å². The third-order valence-electron chi connectivity index (χ3n) is 7.03. The van der Waals surface area contributed by atoms with E-state index in [2.05, 4.69) is 23.8 Å². The van der Waals surface area contributed by atoms with Crippen LogP contribution in [0.5, 0.6) is 5.75 Å². The summed E-state index contributed by atoms with van der Waals surface area (Å²) < 4.78 is 34.0. The number of sulfonamides is 1. The summed E-state index contributed by atoms with van der Waals surface area (Å²) in [5.74, 6) is 1.26. The van der Waals surface area contributed by atoms with Crippen molar-refractivity contribution in [3.05, 3.63) is 29.6 Å². The van der Waals surface area contributed by atoms with Crippen LogP contribution in [0.3, 0.4) is 0 Å². The first kappa shape index (κ1) is 21.5. The molecule has 2 heterocycles. The van der Waals surface area contributed by atoms with Crippen LogP contribution in [0.1, 0.15) is 57.1 Å². The van der Waals surface area contributed by atoms with E-state index in [1.807, 2.05) is 12.1 Å². The van der Waals surface area contributed by atoms with E-state index in [1.165, 1.54) is 6.33 Å². The molecule has 2 aromatic rings. The van der Waals surface area contributed by atoms with Crippen molar-refractivity contribution in [2.24, 2.45) is 5.73 Å². The molecule has 1 saturated heterocycles. The van der Waals surface area contributed by atoms with E-state index >= 15 is 0 Å². The highest BCUT2D eigenvalue weighted by Gasteiger charge is 2.40. The molecule has 4 N–H and O–H groups in total. The predicted octanol–water partition coefficient (Wildman–Crippen LogP) is 2.75. The number of hydrogen-bond donors (Lipinski definition) is 2. The van der Waals surface area contributed by atoms with E-state index in [0.29, 0.717) is 36.6 Å². The van der Waals surface area contributed by atoms with Crippen molar-refractivity contribution in [3.8, 4) is 17.0 Å². The molecule has 5 rings (SSSR count). The highest BCUT2D eigenvalue weighted by Crippen LogP contribution is 2.50. The number of fused-ring (bicyclic) bond motifs is 3. The van der Waals surface area contributed by atoms with Crippen LogP contribution in [-0.4, -0.2) is 42.8 Å². The zero-order chi connectivity index (χ0) is 22.7. The lowest BCUT2D eigenvalue weighted by atomic mass is 9.71. The molecular weight excluding hydrogens is 426 g/mol. The summed E-state index contributed by atoms with van der Waals surface area (Å²) in [6.45, 7) is 4.67. The van der Waals surface area contributed by atoms with E-state index < -0.39 is 10.0 Å². The van der Waals surface area contributed by atoms with Crippen LogP contribution in [0.2, 0.25) is 0 Å². The number of ether oxygens (including phenoxy) is 1. The van der Waals surface area contributed by atoms with Crippen molar-refractivity contribution in [1.29, 1.82) is 0 Å². The van der Waals surface area contributed by atoms with Gasteiger partial charge in [0.2, 0.25) is 10.0 Å². The summed E-state index contributed by atoms with van der Waals surface area (Å²) in [7, 11) is -3.39. The summed E-state index contributed by atoms with van der Waals surface area (Å²) in [4.78, 5) is 8.77. The third-order valence-corrected chi connectivity index (χ3v) is 8.88. The fourth-order valence-electron chi connectivity index (χ4n) is 5.46. The third kappa shape index (κ3) is 3.51. The molecule has 0 bridgehead atoms. The van der Waals surface area contributed by atoms with Crippen LogP contribution in [0, 0.1) is 0 Å². The molecule has 1 saturated carbocycles. The molecule has 9 heteroatoms. The molecule has 8 nitrogen and oxygen atoms in total. The number of nitrogen functional groups attached to an aromatic ring is 1. The number of anilines is 2. The second kappa shape index (κ2) is 7.59. The minimum atomic E-state index is -3.39. The first-order chi connectivity index (χ1) is 15.2. The predicted molar refractivity (Wildman–Crippen MR) is 125 cm³/mol. The van der Waals surface area contributed by atoms with Gasteiger partial charge in [0, 0.05) is 23.7 Å². The van der Waals surface area contributed by atoms with Gasteiger partial charge in [-0.2, -0.15) is 0 Å². The van der Waals surface area contributed by atoms with Crippen molar-refractivity contribution < 1.29 is 13.2 Å². The van der Waals surface area contributed by atoms with E-state index in [-0.39, 0.29) is 23.3 Å². The minimum absolute atomic E-state index is 0.0405. The van der Waals surface area contributed by atoms with Crippen LogP contribution in [0.15, 0.2) is 18.5 Å². The Morgan fingerprint density at radius 3 is 2.59 bits per heavy atom. The molecule has 2 aliphatic carbocycles. The van der Waals surface area contributed by atoms with E-state index in [1.54, 1.807) is 4.31 Å². The maximum absolute atomic E-state index is 13.0. The smallest absolute Gasteiger partial charge is 0.235 e. The highest BCUT2D eigenvalue weighted by molar-refractivity contribution is 7.93. The number of nitrogens with zero attached hydrogens (tertiary/aromatic N) is 3. The molecule has 0 radical (unpaired) electrons. The van der Waals surface area contributed by atoms with Crippen molar-refractivity contribution >= 4 is 21.5 Å². The maximum atomic E-state index is 13.0. The summed E-state index contributed by atoms with van der Waals surface area (Å²) >= 11 is 0. The average molecular weight is 458 g/mol. The van der Waals surface area contributed by atoms with Crippen LogP contribution < -0.4 is 20.5 Å². The van der Waals surface area contributed by atoms with E-state index in [4.69, 9.17) is 16.2 Å². The average Bonchev–Trinajstić information content (AvgIpc) is 3.07. The molecule has 2 fully saturated rings. The van der Waals surface area contributed by atoms with Gasteiger partial charge in [0.25, 0.3) is 0 Å².